The number of nitrogens with zero attached hydrogens (tertiary/aromatic N) is 3. The van der Waals surface area contributed by atoms with E-state index >= 15 is 0 Å². The van der Waals surface area contributed by atoms with Crippen molar-refractivity contribution in [3.8, 4) is 0 Å². The summed E-state index contributed by atoms with van der Waals surface area (Å²) in [6.07, 6.45) is 8.34. The highest BCUT2D eigenvalue weighted by atomic mass is 32.2. The highest BCUT2D eigenvalue weighted by molar-refractivity contribution is 7.98. The molecule has 126 heavy (non-hydrogen) atoms. The lowest BCUT2D eigenvalue weighted by Crippen LogP contribution is -2.62. The number of aromatic nitrogens is 5. The third-order valence-electron chi connectivity index (χ3n) is 20.7. The van der Waals surface area contributed by atoms with Crippen molar-refractivity contribution in [3.05, 3.63) is 72.5 Å². The first-order chi connectivity index (χ1) is 59.5. The summed E-state index contributed by atoms with van der Waals surface area (Å²) in [5.41, 5.74) is 30.2. The smallest absolute Gasteiger partial charge is 0.326 e. The molecule has 0 radical (unpaired) electrons. The van der Waals surface area contributed by atoms with Crippen LogP contribution in [0.15, 0.2) is 55.5 Å². The summed E-state index contributed by atoms with van der Waals surface area (Å²) in [5, 5.41) is 54.1. The second-order valence-corrected chi connectivity index (χ2v) is 33.8. The first-order valence-corrected chi connectivity index (χ1v) is 43.5. The number of hydrogen-bond acceptors (Lipinski definition) is 23. The lowest BCUT2D eigenvalue weighted by Gasteiger charge is -2.32. The van der Waals surface area contributed by atoms with E-state index in [1.54, 1.807) is 78.3 Å². The van der Waals surface area contributed by atoms with Crippen LogP contribution in [-0.4, -0.2) is 264 Å². The Morgan fingerprint density at radius 1 is 0.508 bits per heavy atom. The first kappa shape index (κ1) is 104. The Labute approximate surface area is 734 Å². The minimum Gasteiger partial charge on any atom is -0.480 e. The molecule has 1 aromatic carbocycles. The predicted octanol–water partition coefficient (Wildman–Crippen LogP) is -4.31. The van der Waals surface area contributed by atoms with Crippen molar-refractivity contribution in [1.82, 2.24) is 104 Å². The maximum absolute atomic E-state index is 14.9. The Morgan fingerprint density at radius 2 is 0.960 bits per heavy atom. The molecular formula is C81H128N26O18S. The third kappa shape index (κ3) is 34.3. The molecule has 3 aromatic heterocycles. The maximum atomic E-state index is 14.9. The number of guanidine groups is 1. The Morgan fingerprint density at radius 3 is 1.48 bits per heavy atom. The number of hydrogen-bond donors (Lipinski definition) is 24. The van der Waals surface area contributed by atoms with E-state index in [2.05, 4.69) is 99.4 Å². The van der Waals surface area contributed by atoms with Crippen LogP contribution in [0.3, 0.4) is 0 Å². The molecule has 0 aliphatic carbocycles. The van der Waals surface area contributed by atoms with E-state index in [1.807, 2.05) is 0 Å². The molecule has 1 aliphatic heterocycles. The number of unbranched alkanes of at least 4 members (excludes halogenated alkanes) is 1. The molecule has 45 heteroatoms. The van der Waals surface area contributed by atoms with Gasteiger partial charge in [-0.3, -0.25) is 82.1 Å². The van der Waals surface area contributed by atoms with Gasteiger partial charge in [0.25, 0.3) is 0 Å². The fraction of sp³-hybridized carbons (Fsp3) is 0.605. The van der Waals surface area contributed by atoms with Crippen LogP contribution in [-0.2, 0) is 101 Å². The summed E-state index contributed by atoms with van der Waals surface area (Å²) in [6.45, 7) is 16.7. The van der Waals surface area contributed by atoms with E-state index in [0.717, 1.165) is 0 Å². The Kier molecular flexibility index (Phi) is 42.9. The van der Waals surface area contributed by atoms with E-state index in [-0.39, 0.29) is 94.4 Å². The van der Waals surface area contributed by atoms with Crippen LogP contribution in [0.1, 0.15) is 163 Å². The number of amides is 16. The fourth-order valence-corrected chi connectivity index (χ4v) is 14.3. The van der Waals surface area contributed by atoms with Crippen molar-refractivity contribution in [2.24, 2.45) is 52.3 Å². The molecule has 4 aromatic rings. The summed E-state index contributed by atoms with van der Waals surface area (Å²) < 4.78 is 0. The van der Waals surface area contributed by atoms with E-state index in [9.17, 15) is 86.6 Å². The molecule has 4 heterocycles. The van der Waals surface area contributed by atoms with Crippen LogP contribution in [0.25, 0.3) is 10.9 Å². The van der Waals surface area contributed by atoms with E-state index in [4.69, 9.17) is 34.1 Å². The fourth-order valence-electron chi connectivity index (χ4n) is 13.8. The number of carbonyl (C=O) groups excluding carboxylic acids is 16. The van der Waals surface area contributed by atoms with Crippen LogP contribution in [0.2, 0.25) is 0 Å². The van der Waals surface area contributed by atoms with Crippen LogP contribution < -0.4 is 103 Å². The molecule has 1 aliphatic rings. The zero-order chi connectivity index (χ0) is 93.8. The van der Waals surface area contributed by atoms with E-state index in [0.29, 0.717) is 60.1 Å². The minimum atomic E-state index is -1.87. The van der Waals surface area contributed by atoms with Gasteiger partial charge in [-0.05, 0) is 132 Å². The number of aliphatic carboxylic acids is 1. The second kappa shape index (κ2) is 51.8. The number of carboxylic acid groups (broad SMARTS) is 1. The number of imidazole rings is 2. The van der Waals surface area contributed by atoms with Crippen LogP contribution in [0.5, 0.6) is 0 Å². The van der Waals surface area contributed by atoms with Gasteiger partial charge in [0.05, 0.1) is 42.9 Å². The largest absolute Gasteiger partial charge is 0.480 e. The highest BCUT2D eigenvalue weighted by Crippen LogP contribution is 2.24. The first-order valence-electron chi connectivity index (χ1n) is 42.1. The summed E-state index contributed by atoms with van der Waals surface area (Å²) in [4.78, 5) is 256. The molecule has 16 amide bonds. The van der Waals surface area contributed by atoms with Gasteiger partial charge >= 0.3 is 5.97 Å². The number of primary amides is 2. The average molecular weight is 1790 g/mol. The number of carbonyl (C=O) groups is 17. The van der Waals surface area contributed by atoms with Gasteiger partial charge in [0, 0.05) is 61.8 Å². The molecule has 15 atom stereocenters. The highest BCUT2D eigenvalue weighted by Gasteiger charge is 2.43. The molecule has 0 unspecified atom stereocenters. The molecule has 1 fully saturated rings. The predicted molar refractivity (Wildman–Crippen MR) is 465 cm³/mol. The normalized spacial score (nSPS) is 15.9. The summed E-state index contributed by atoms with van der Waals surface area (Å²) in [7, 11) is 0. The summed E-state index contributed by atoms with van der Waals surface area (Å²) in [5.74, 6) is -17.6. The molecule has 29 N–H and O–H groups in total. The van der Waals surface area contributed by atoms with Crippen molar-refractivity contribution in [2.75, 3.05) is 31.6 Å². The topological polar surface area (TPSA) is 709 Å². The van der Waals surface area contributed by atoms with Gasteiger partial charge in [0.1, 0.15) is 84.6 Å². The Bertz CT molecular complexity index is 4370. The number of rotatable bonds is 55. The lowest BCUT2D eigenvalue weighted by atomic mass is 9.99. The van der Waals surface area contributed by atoms with Gasteiger partial charge in [0.15, 0.2) is 5.96 Å². The van der Waals surface area contributed by atoms with Crippen molar-refractivity contribution >= 4 is 129 Å². The maximum Gasteiger partial charge on any atom is 0.326 e. The number of carboxylic acids is 1. The summed E-state index contributed by atoms with van der Waals surface area (Å²) in [6, 6.07) is -14.4. The van der Waals surface area contributed by atoms with Crippen molar-refractivity contribution < 1.29 is 86.6 Å². The molecule has 44 nitrogen and oxygen atoms in total. The standard InChI is InChI=1S/C81H128N26O18S/c1-40(2)28-54(71(115)94-44(9)66(110)96-53(23-27-126-11)70(114)97-52(21-14-15-24-82)69(113)104-60(80(124)125)29-41(3)4)102-77(121)61-22-17-26-107(61)79(123)65(43(7)8)106-67(111)45(10)95-72(116)56(31-47-36-88-38-92-47)100-75(119)59(34-63(85)109)103-78(122)64(42(5)6)105-76(120)55(30-46-35-91-51-20-13-12-18-49(46)51)99-74(118)58(33-62(84)108)101-73(117)57(32-48-37-89-39-93-48)98-68(112)50(83)19-16-25-90-81(86)87/h12-13,18,20,35-45,50,52-61,64-65,91H,14-17,19,21-34,82-83H2,1-11H3,(H2,84,108)(H2,85,109)(H,88,92)(H,89,93)(H,94,115)(H,95,116)(H,96,110)(H,97,114)(H,98,112)(H,99,118)(H,100,119)(H,101,117)(H,102,121)(H,103,122)(H,104,113)(H,105,120)(H,106,111)(H,124,125)(H4,86,87,90)/t44-,45-,50-,52-,53-,54-,55-,56-,57-,58-,59-,60-,61-,64-,65-/m0/s1. The van der Waals surface area contributed by atoms with Crippen molar-refractivity contribution in [3.63, 3.8) is 0 Å². The quantitative estimate of drug-likeness (QED) is 0.0113. The zero-order valence-corrected chi connectivity index (χ0v) is 73.9. The minimum absolute atomic E-state index is 0.0485. The van der Waals surface area contributed by atoms with Gasteiger partial charge in [0.2, 0.25) is 94.5 Å². The van der Waals surface area contributed by atoms with Gasteiger partial charge in [-0.25, -0.2) is 14.8 Å². The van der Waals surface area contributed by atoms with E-state index in [1.165, 1.54) is 69.4 Å². The molecule has 1 saturated heterocycles. The lowest BCUT2D eigenvalue weighted by molar-refractivity contribution is -0.143. The number of nitrogens with one attached hydrogen (secondary N) is 18. The summed E-state index contributed by atoms with van der Waals surface area (Å²) >= 11 is 1.38. The van der Waals surface area contributed by atoms with Gasteiger partial charge in [-0.1, -0.05) is 73.6 Å². The number of para-hydroxylation sites is 1. The molecular weight excluding hydrogens is 1660 g/mol. The SMILES string of the molecule is CSCC[C@H](NC(=O)[C@H](C)NC(=O)[C@H](CC(C)C)NC(=O)[C@@H]1CCCN1C(=O)[C@@H](NC(=O)[C@H](C)NC(=O)[C@H](Cc1c[nH]cn1)NC(=O)[C@H](CC(N)=O)NC(=O)[C@@H](NC(=O)[C@H](Cc1c[nH]c2ccccc12)NC(=O)[C@H](CC(N)=O)NC(=O)[C@H](Cc1c[nH]cn1)NC(=O)[C@@H](N)CCCNC(=N)N)C(C)C)C(C)C)C(=O)N[C@@H](CCCCN)C(=O)N[C@@H](CC(C)C)C(=O)O. The van der Waals surface area contributed by atoms with Gasteiger partial charge in [-0.2, -0.15) is 11.8 Å². The van der Waals surface area contributed by atoms with E-state index < -0.39 is 216 Å². The molecule has 5 rings (SSSR count). The van der Waals surface area contributed by atoms with Crippen LogP contribution >= 0.6 is 11.8 Å². The van der Waals surface area contributed by atoms with Gasteiger partial charge in [-0.15, -0.1) is 0 Å². The number of likely N-dealkylation sites (tertiary alicyclic amines) is 1. The molecule has 696 valence electrons. The monoisotopic (exact) mass is 1780 g/mol. The average Bonchev–Trinajstić information content (AvgIpc) is 1.63. The van der Waals surface area contributed by atoms with Crippen LogP contribution in [0.4, 0.5) is 0 Å². The second-order valence-electron chi connectivity index (χ2n) is 32.8. The number of thioether (sulfide) groups is 1. The molecule has 0 spiro atoms. The number of aromatic amines is 3. The number of H-pyrrole nitrogens is 3. The Balaban J connectivity index is 1.30. The number of benzene rings is 1. The van der Waals surface area contributed by atoms with Crippen LogP contribution in [0, 0.1) is 29.1 Å². The van der Waals surface area contributed by atoms with Crippen molar-refractivity contribution in [2.45, 2.75) is 256 Å². The number of nitrogens with two attached hydrogens (primary N) is 5. The van der Waals surface area contributed by atoms with Gasteiger partial charge < -0.3 is 128 Å². The molecule has 0 saturated carbocycles. The number of fused-ring (bicyclic) bond motifs is 1. The van der Waals surface area contributed by atoms with Crippen molar-refractivity contribution in [1.29, 1.82) is 5.41 Å². The molecule has 0 bridgehead atoms. The zero-order valence-electron chi connectivity index (χ0n) is 73.1. The Hall–Kier alpha value is -12.3. The third-order valence-corrected chi connectivity index (χ3v) is 21.3.